The minimum Gasteiger partial charge on any atom is -0.387 e. The van der Waals surface area contributed by atoms with Crippen LogP contribution in [0.25, 0.3) is 0 Å². The summed E-state index contributed by atoms with van der Waals surface area (Å²) in [5.74, 6) is 0.526. The second kappa shape index (κ2) is 5.14. The predicted octanol–water partition coefficient (Wildman–Crippen LogP) is 1.26. The van der Waals surface area contributed by atoms with Gasteiger partial charge in [-0.1, -0.05) is 20.8 Å². The van der Waals surface area contributed by atoms with Crippen LogP contribution in [0.3, 0.4) is 0 Å². The predicted molar refractivity (Wildman–Crippen MR) is 63.9 cm³/mol. The topological polar surface area (TPSA) is 58.7 Å². The molecule has 0 saturated heterocycles. The van der Waals surface area contributed by atoms with Gasteiger partial charge in [-0.25, -0.2) is 0 Å². The number of likely N-dealkylation sites (N-methyl/N-ethyl adjacent to an activating group) is 1. The van der Waals surface area contributed by atoms with Crippen LogP contribution in [0.4, 0.5) is 0 Å². The molecule has 1 amide bonds. The van der Waals surface area contributed by atoms with E-state index in [1.807, 2.05) is 27.7 Å². The number of rotatable bonds is 3. The molecule has 0 aliphatic carbocycles. The van der Waals surface area contributed by atoms with Gasteiger partial charge in [0.2, 0.25) is 5.91 Å². The molecule has 0 rings (SSSR count). The van der Waals surface area contributed by atoms with Crippen LogP contribution in [0, 0.1) is 5.41 Å². The lowest BCUT2D eigenvalue weighted by Gasteiger charge is -2.21. The number of aliphatic imine (C=N–C) groups is 1. The van der Waals surface area contributed by atoms with Gasteiger partial charge in [0, 0.05) is 19.0 Å². The van der Waals surface area contributed by atoms with E-state index >= 15 is 0 Å². The van der Waals surface area contributed by atoms with Crippen molar-refractivity contribution in [2.24, 2.45) is 16.1 Å². The highest BCUT2D eigenvalue weighted by Crippen LogP contribution is 2.13. The highest BCUT2D eigenvalue weighted by molar-refractivity contribution is 5.89. The van der Waals surface area contributed by atoms with Crippen LogP contribution < -0.4 is 5.73 Å². The Morgan fingerprint density at radius 1 is 1.47 bits per heavy atom. The Hall–Kier alpha value is -1.06. The van der Waals surface area contributed by atoms with Crippen LogP contribution in [0.1, 0.15) is 34.6 Å². The molecule has 15 heavy (non-hydrogen) atoms. The molecule has 1 unspecified atom stereocenters. The fourth-order valence-corrected chi connectivity index (χ4v) is 0.932. The average Bonchev–Trinajstić information content (AvgIpc) is 2.13. The Morgan fingerprint density at radius 2 is 1.93 bits per heavy atom. The fourth-order valence-electron chi connectivity index (χ4n) is 0.932. The molecule has 4 nitrogen and oxygen atoms in total. The van der Waals surface area contributed by atoms with Crippen LogP contribution in [0.2, 0.25) is 0 Å². The molecule has 88 valence electrons. The largest absolute Gasteiger partial charge is 0.387 e. The van der Waals surface area contributed by atoms with E-state index in [-0.39, 0.29) is 11.3 Å². The molecular formula is C11H23N3O. The van der Waals surface area contributed by atoms with Crippen molar-refractivity contribution in [2.45, 2.75) is 40.7 Å². The third-order valence-electron chi connectivity index (χ3n) is 2.31. The average molecular weight is 213 g/mol. The summed E-state index contributed by atoms with van der Waals surface area (Å²) in [6.07, 6.45) is 0. The van der Waals surface area contributed by atoms with Gasteiger partial charge < -0.3 is 10.6 Å². The molecule has 0 radical (unpaired) electrons. The second-order valence-electron chi connectivity index (χ2n) is 4.79. The number of carbonyl (C=O) groups excluding carboxylic acids is 1. The molecule has 2 N–H and O–H groups in total. The van der Waals surface area contributed by atoms with Crippen LogP contribution >= 0.6 is 0 Å². The van der Waals surface area contributed by atoms with Crippen molar-refractivity contribution in [3.05, 3.63) is 0 Å². The third-order valence-corrected chi connectivity index (χ3v) is 2.31. The summed E-state index contributed by atoms with van der Waals surface area (Å²) < 4.78 is 0. The molecule has 0 aromatic rings. The van der Waals surface area contributed by atoms with Crippen molar-refractivity contribution in [1.29, 1.82) is 0 Å². The Morgan fingerprint density at radius 3 is 2.27 bits per heavy atom. The van der Waals surface area contributed by atoms with E-state index in [4.69, 9.17) is 5.73 Å². The summed E-state index contributed by atoms with van der Waals surface area (Å²) in [6, 6.07) is -0.394. The summed E-state index contributed by atoms with van der Waals surface area (Å²) in [6.45, 7) is 10.3. The summed E-state index contributed by atoms with van der Waals surface area (Å²) in [7, 11) is 1.77. The van der Waals surface area contributed by atoms with E-state index in [0.29, 0.717) is 12.4 Å². The molecule has 0 bridgehead atoms. The molecule has 0 aromatic carbocycles. The number of nitrogens with zero attached hydrogens (tertiary/aromatic N) is 2. The van der Waals surface area contributed by atoms with E-state index < -0.39 is 6.04 Å². The second-order valence-corrected chi connectivity index (χ2v) is 4.79. The Balaban J connectivity index is 4.61. The minimum atomic E-state index is -0.394. The van der Waals surface area contributed by atoms with Crippen molar-refractivity contribution in [3.63, 3.8) is 0 Å². The van der Waals surface area contributed by atoms with Gasteiger partial charge in [-0.15, -0.1) is 0 Å². The molecule has 1 atom stereocenters. The van der Waals surface area contributed by atoms with Gasteiger partial charge in [0.1, 0.15) is 11.9 Å². The monoisotopic (exact) mass is 213 g/mol. The number of hydrogen-bond donors (Lipinski definition) is 1. The molecule has 0 fully saturated rings. The SMILES string of the molecule is CCN(C)C(=O)C(C)N=C(N)C(C)(C)C. The van der Waals surface area contributed by atoms with E-state index in [0.717, 1.165) is 0 Å². The first-order valence-electron chi connectivity index (χ1n) is 5.28. The van der Waals surface area contributed by atoms with Gasteiger partial charge in [-0.2, -0.15) is 0 Å². The zero-order valence-electron chi connectivity index (χ0n) is 10.7. The van der Waals surface area contributed by atoms with E-state index in [1.54, 1.807) is 18.9 Å². The Bertz CT molecular complexity index is 253. The zero-order chi connectivity index (χ0) is 12.2. The maximum atomic E-state index is 11.7. The summed E-state index contributed by atoms with van der Waals surface area (Å²) in [5, 5.41) is 0. The molecule has 0 spiro atoms. The van der Waals surface area contributed by atoms with Gasteiger partial charge in [0.25, 0.3) is 0 Å². The lowest BCUT2D eigenvalue weighted by Crippen LogP contribution is -2.37. The van der Waals surface area contributed by atoms with Crippen molar-refractivity contribution >= 4 is 11.7 Å². The van der Waals surface area contributed by atoms with E-state index in [1.165, 1.54) is 0 Å². The highest BCUT2D eigenvalue weighted by atomic mass is 16.2. The molecule has 0 aliphatic heterocycles. The minimum absolute atomic E-state index is 0.00435. The first-order valence-corrected chi connectivity index (χ1v) is 5.28. The van der Waals surface area contributed by atoms with Crippen molar-refractivity contribution in [3.8, 4) is 0 Å². The molecule has 0 aliphatic rings. The molecular weight excluding hydrogens is 190 g/mol. The quantitative estimate of drug-likeness (QED) is 0.566. The van der Waals surface area contributed by atoms with Crippen LogP contribution in [0.5, 0.6) is 0 Å². The van der Waals surface area contributed by atoms with Crippen LogP contribution in [-0.4, -0.2) is 36.3 Å². The van der Waals surface area contributed by atoms with Crippen molar-refractivity contribution in [1.82, 2.24) is 4.90 Å². The standard InChI is InChI=1S/C11H23N3O/c1-7-14(6)9(15)8(2)13-10(12)11(3,4)5/h8H,7H2,1-6H3,(H2,12,13). The van der Waals surface area contributed by atoms with Crippen LogP contribution in [-0.2, 0) is 4.79 Å². The first-order chi connectivity index (χ1) is 6.70. The van der Waals surface area contributed by atoms with E-state index in [9.17, 15) is 4.79 Å². The summed E-state index contributed by atoms with van der Waals surface area (Å²) >= 11 is 0. The summed E-state index contributed by atoms with van der Waals surface area (Å²) in [5.41, 5.74) is 5.63. The maximum Gasteiger partial charge on any atom is 0.246 e. The number of nitrogens with two attached hydrogens (primary N) is 1. The number of amides is 1. The Labute approximate surface area is 92.5 Å². The fraction of sp³-hybridized carbons (Fsp3) is 0.818. The van der Waals surface area contributed by atoms with Gasteiger partial charge in [-0.3, -0.25) is 9.79 Å². The molecule has 0 heterocycles. The molecule has 4 heteroatoms. The lowest BCUT2D eigenvalue weighted by atomic mass is 9.95. The number of amidine groups is 1. The lowest BCUT2D eigenvalue weighted by molar-refractivity contribution is -0.130. The number of carbonyl (C=O) groups is 1. The maximum absolute atomic E-state index is 11.7. The Kier molecular flexibility index (Phi) is 4.78. The van der Waals surface area contributed by atoms with Crippen molar-refractivity contribution < 1.29 is 4.79 Å². The number of hydrogen-bond acceptors (Lipinski definition) is 2. The van der Waals surface area contributed by atoms with Gasteiger partial charge in [0.05, 0.1) is 0 Å². The smallest absolute Gasteiger partial charge is 0.246 e. The van der Waals surface area contributed by atoms with Gasteiger partial charge in [0.15, 0.2) is 0 Å². The van der Waals surface area contributed by atoms with Crippen LogP contribution in [0.15, 0.2) is 4.99 Å². The third kappa shape index (κ3) is 4.32. The van der Waals surface area contributed by atoms with E-state index in [2.05, 4.69) is 4.99 Å². The van der Waals surface area contributed by atoms with Crippen molar-refractivity contribution in [2.75, 3.05) is 13.6 Å². The van der Waals surface area contributed by atoms with Gasteiger partial charge in [-0.05, 0) is 13.8 Å². The zero-order valence-corrected chi connectivity index (χ0v) is 10.7. The normalized spacial score (nSPS) is 14.9. The van der Waals surface area contributed by atoms with Gasteiger partial charge >= 0.3 is 0 Å². The molecule has 0 saturated carbocycles. The summed E-state index contributed by atoms with van der Waals surface area (Å²) in [4.78, 5) is 17.6. The highest BCUT2D eigenvalue weighted by Gasteiger charge is 2.20. The molecule has 0 aromatic heterocycles. The first kappa shape index (κ1) is 13.9.